The van der Waals surface area contributed by atoms with Crippen molar-refractivity contribution in [3.63, 3.8) is 0 Å². The van der Waals surface area contributed by atoms with Crippen molar-refractivity contribution in [2.45, 2.75) is 13.5 Å². The van der Waals surface area contributed by atoms with E-state index in [1.807, 2.05) is 30.3 Å². The minimum absolute atomic E-state index is 0.0949. The number of para-hydroxylation sites is 1. The number of fused-ring (bicyclic) bond motifs is 1. The number of carbonyl (C=O) groups is 1. The molecule has 1 aromatic carbocycles. The third-order valence-corrected chi connectivity index (χ3v) is 6.14. The van der Waals surface area contributed by atoms with E-state index in [0.29, 0.717) is 41.0 Å². The lowest BCUT2D eigenvalue weighted by Gasteiger charge is -2.37. The molecule has 0 atom stereocenters. The first-order chi connectivity index (χ1) is 15.4. The summed E-state index contributed by atoms with van der Waals surface area (Å²) in [6.45, 7) is 5.04. The predicted octanol–water partition coefficient (Wildman–Crippen LogP) is 2.85. The van der Waals surface area contributed by atoms with Crippen LogP contribution in [0.2, 0.25) is 0 Å². The number of pyridine rings is 2. The van der Waals surface area contributed by atoms with Gasteiger partial charge in [-0.3, -0.25) is 14.5 Å². The summed E-state index contributed by atoms with van der Waals surface area (Å²) in [6.07, 6.45) is 0. The standard InChI is InChI=1S/C23H23BrN6O2/c1-15(31)26-18-6-4-3-5-16(18)14-29-9-11-30(12-10-29)22-17(13-25)23(32)28(2)19-7-8-20(24)27-21(19)22/h3-8H,9-12,14H2,1-2H3,(H,26,31). The Morgan fingerprint density at radius 3 is 2.59 bits per heavy atom. The van der Waals surface area contributed by atoms with Crippen molar-refractivity contribution in [3.8, 4) is 6.07 Å². The number of nitrogens with one attached hydrogen (secondary N) is 1. The normalized spacial score (nSPS) is 14.4. The van der Waals surface area contributed by atoms with Gasteiger partial charge in [0.25, 0.3) is 5.56 Å². The number of rotatable bonds is 4. The monoisotopic (exact) mass is 494 g/mol. The van der Waals surface area contributed by atoms with Gasteiger partial charge in [0.15, 0.2) is 0 Å². The van der Waals surface area contributed by atoms with Crippen LogP contribution < -0.4 is 15.8 Å². The molecule has 0 saturated carbocycles. The molecule has 1 saturated heterocycles. The summed E-state index contributed by atoms with van der Waals surface area (Å²) in [5, 5.41) is 12.6. The topological polar surface area (TPSA) is 94.3 Å². The smallest absolute Gasteiger partial charge is 0.270 e. The van der Waals surface area contributed by atoms with Crippen LogP contribution >= 0.6 is 15.9 Å². The number of nitriles is 1. The van der Waals surface area contributed by atoms with Crippen molar-refractivity contribution >= 4 is 44.2 Å². The van der Waals surface area contributed by atoms with Crippen LogP contribution in [0.3, 0.4) is 0 Å². The van der Waals surface area contributed by atoms with Gasteiger partial charge in [0, 0.05) is 52.4 Å². The first kappa shape index (κ1) is 22.0. The van der Waals surface area contributed by atoms with Crippen LogP contribution in [0, 0.1) is 11.3 Å². The molecule has 1 amide bonds. The van der Waals surface area contributed by atoms with E-state index in [2.05, 4.69) is 42.1 Å². The SMILES string of the molecule is CC(=O)Nc1ccccc1CN1CCN(c2c(C#N)c(=O)n(C)c3ccc(Br)nc23)CC1. The summed E-state index contributed by atoms with van der Waals surface area (Å²) in [5.74, 6) is -0.0949. The average molecular weight is 495 g/mol. The Morgan fingerprint density at radius 1 is 1.19 bits per heavy atom. The first-order valence-corrected chi connectivity index (χ1v) is 11.1. The zero-order valence-electron chi connectivity index (χ0n) is 17.9. The van der Waals surface area contributed by atoms with Gasteiger partial charge in [0.05, 0.1) is 11.2 Å². The Balaban J connectivity index is 1.60. The molecule has 0 unspecified atom stereocenters. The lowest BCUT2D eigenvalue weighted by atomic mass is 10.1. The summed E-state index contributed by atoms with van der Waals surface area (Å²) in [7, 11) is 1.66. The van der Waals surface area contributed by atoms with Crippen molar-refractivity contribution in [2.75, 3.05) is 36.4 Å². The highest BCUT2D eigenvalue weighted by Crippen LogP contribution is 2.29. The molecule has 2 aromatic heterocycles. The minimum Gasteiger partial charge on any atom is -0.366 e. The highest BCUT2D eigenvalue weighted by molar-refractivity contribution is 9.10. The fourth-order valence-electron chi connectivity index (χ4n) is 4.12. The largest absolute Gasteiger partial charge is 0.366 e. The van der Waals surface area contributed by atoms with E-state index < -0.39 is 0 Å². The van der Waals surface area contributed by atoms with Gasteiger partial charge in [-0.2, -0.15) is 5.26 Å². The molecule has 32 heavy (non-hydrogen) atoms. The van der Waals surface area contributed by atoms with Crippen molar-refractivity contribution in [1.29, 1.82) is 5.26 Å². The third kappa shape index (κ3) is 4.24. The molecule has 9 heteroatoms. The van der Waals surface area contributed by atoms with E-state index in [9.17, 15) is 14.9 Å². The van der Waals surface area contributed by atoms with Crippen molar-refractivity contribution in [1.82, 2.24) is 14.5 Å². The maximum absolute atomic E-state index is 12.8. The van der Waals surface area contributed by atoms with Crippen LogP contribution in [0.1, 0.15) is 18.1 Å². The molecular weight excluding hydrogens is 472 g/mol. The molecule has 4 rings (SSSR count). The Kier molecular flexibility index (Phi) is 6.26. The van der Waals surface area contributed by atoms with Crippen LogP contribution in [-0.4, -0.2) is 46.5 Å². The van der Waals surface area contributed by atoms with E-state index >= 15 is 0 Å². The van der Waals surface area contributed by atoms with Gasteiger partial charge < -0.3 is 14.8 Å². The second-order valence-electron chi connectivity index (χ2n) is 7.80. The van der Waals surface area contributed by atoms with Gasteiger partial charge in [-0.1, -0.05) is 18.2 Å². The van der Waals surface area contributed by atoms with Crippen molar-refractivity contribution < 1.29 is 4.79 Å². The number of anilines is 2. The molecular formula is C23H23BrN6O2. The second kappa shape index (κ2) is 9.10. The van der Waals surface area contributed by atoms with Crippen LogP contribution in [0.5, 0.6) is 0 Å². The maximum Gasteiger partial charge on any atom is 0.270 e. The zero-order chi connectivity index (χ0) is 22.8. The van der Waals surface area contributed by atoms with Crippen LogP contribution in [0.25, 0.3) is 11.0 Å². The maximum atomic E-state index is 12.8. The molecule has 1 aliphatic heterocycles. The fourth-order valence-corrected chi connectivity index (χ4v) is 4.43. The lowest BCUT2D eigenvalue weighted by Crippen LogP contribution is -2.47. The van der Waals surface area contributed by atoms with Crippen LogP contribution in [0.15, 0.2) is 45.8 Å². The molecule has 0 spiro atoms. The number of hydrogen-bond acceptors (Lipinski definition) is 6. The molecule has 1 aliphatic rings. The Labute approximate surface area is 194 Å². The van der Waals surface area contributed by atoms with Gasteiger partial charge in [0.1, 0.15) is 21.8 Å². The molecule has 1 N–H and O–H groups in total. The number of hydrogen-bond donors (Lipinski definition) is 1. The quantitative estimate of drug-likeness (QED) is 0.560. The van der Waals surface area contributed by atoms with Gasteiger partial charge >= 0.3 is 0 Å². The highest BCUT2D eigenvalue weighted by atomic mass is 79.9. The molecule has 0 radical (unpaired) electrons. The second-order valence-corrected chi connectivity index (χ2v) is 8.62. The summed E-state index contributed by atoms with van der Waals surface area (Å²) in [4.78, 5) is 33.3. The van der Waals surface area contributed by atoms with Crippen LogP contribution in [0.4, 0.5) is 11.4 Å². The van der Waals surface area contributed by atoms with Crippen molar-refractivity contribution in [2.24, 2.45) is 7.05 Å². The molecule has 3 aromatic rings. The predicted molar refractivity (Wildman–Crippen MR) is 128 cm³/mol. The van der Waals surface area contributed by atoms with E-state index in [1.54, 1.807) is 13.1 Å². The van der Waals surface area contributed by atoms with E-state index in [1.165, 1.54) is 11.5 Å². The number of amides is 1. The zero-order valence-corrected chi connectivity index (χ0v) is 19.5. The van der Waals surface area contributed by atoms with E-state index in [4.69, 9.17) is 0 Å². The van der Waals surface area contributed by atoms with Crippen molar-refractivity contribution in [3.05, 3.63) is 62.5 Å². The number of carbonyl (C=O) groups excluding carboxylic acids is 1. The molecule has 8 nitrogen and oxygen atoms in total. The molecule has 3 heterocycles. The third-order valence-electron chi connectivity index (χ3n) is 5.70. The number of aryl methyl sites for hydroxylation is 1. The number of piperazine rings is 1. The Morgan fingerprint density at radius 2 is 1.91 bits per heavy atom. The first-order valence-electron chi connectivity index (χ1n) is 10.3. The molecule has 0 aliphatic carbocycles. The van der Waals surface area contributed by atoms with E-state index in [0.717, 1.165) is 24.3 Å². The fraction of sp³-hybridized carbons (Fsp3) is 0.304. The van der Waals surface area contributed by atoms with Gasteiger partial charge in [-0.15, -0.1) is 0 Å². The Bertz CT molecular complexity index is 1290. The summed E-state index contributed by atoms with van der Waals surface area (Å²) >= 11 is 3.41. The number of aromatic nitrogens is 2. The molecule has 1 fully saturated rings. The van der Waals surface area contributed by atoms with Gasteiger partial charge in [0.2, 0.25) is 5.91 Å². The average Bonchev–Trinajstić information content (AvgIpc) is 2.77. The Hall–Kier alpha value is -3.22. The van der Waals surface area contributed by atoms with Crippen LogP contribution in [-0.2, 0) is 18.4 Å². The number of nitrogens with zero attached hydrogens (tertiary/aromatic N) is 5. The summed E-state index contributed by atoms with van der Waals surface area (Å²) in [5.41, 5.74) is 3.62. The van der Waals surface area contributed by atoms with Gasteiger partial charge in [-0.25, -0.2) is 4.98 Å². The molecule has 164 valence electrons. The summed E-state index contributed by atoms with van der Waals surface area (Å²) in [6, 6.07) is 13.5. The minimum atomic E-state index is -0.314. The lowest BCUT2D eigenvalue weighted by molar-refractivity contribution is -0.114. The summed E-state index contributed by atoms with van der Waals surface area (Å²) < 4.78 is 2.13. The van der Waals surface area contributed by atoms with Gasteiger partial charge in [-0.05, 0) is 39.7 Å². The molecule has 0 bridgehead atoms. The van der Waals surface area contributed by atoms with E-state index in [-0.39, 0.29) is 17.0 Å². The highest BCUT2D eigenvalue weighted by Gasteiger charge is 2.25. The number of benzene rings is 1. The number of halogens is 1.